The van der Waals surface area contributed by atoms with Crippen LogP contribution in [0.4, 0.5) is 0 Å². The van der Waals surface area contributed by atoms with Crippen LogP contribution in [-0.2, 0) is 0 Å². The summed E-state index contributed by atoms with van der Waals surface area (Å²) in [7, 11) is 0. The lowest BCUT2D eigenvalue weighted by molar-refractivity contribution is 0.294. The van der Waals surface area contributed by atoms with Gasteiger partial charge in [0.1, 0.15) is 6.33 Å². The highest BCUT2D eigenvalue weighted by Gasteiger charge is 2.43. The van der Waals surface area contributed by atoms with Crippen LogP contribution in [0.1, 0.15) is 31.0 Å². The standard InChI is InChI=1S/C10H13N3/c1-2-8-6-13(8)10(3-1)9-4-5-11-7-12-9/h4-5,7-8,10H,1-3,6H2. The molecule has 0 bridgehead atoms. The smallest absolute Gasteiger partial charge is 0.115 e. The summed E-state index contributed by atoms with van der Waals surface area (Å²) in [5.74, 6) is 0. The SMILES string of the molecule is c1cc(C2CCCC3CN32)ncn1. The van der Waals surface area contributed by atoms with E-state index >= 15 is 0 Å². The van der Waals surface area contributed by atoms with Crippen molar-refractivity contribution in [1.82, 2.24) is 14.9 Å². The van der Waals surface area contributed by atoms with E-state index in [-0.39, 0.29) is 0 Å². The molecule has 0 aromatic carbocycles. The summed E-state index contributed by atoms with van der Waals surface area (Å²) in [6, 6.07) is 3.50. The third-order valence-corrected chi connectivity index (χ3v) is 3.12. The Morgan fingerprint density at radius 3 is 3.23 bits per heavy atom. The molecule has 1 aromatic rings. The van der Waals surface area contributed by atoms with Crippen molar-refractivity contribution in [2.24, 2.45) is 0 Å². The molecule has 0 amide bonds. The Hall–Kier alpha value is -0.960. The zero-order valence-corrected chi connectivity index (χ0v) is 7.56. The summed E-state index contributed by atoms with van der Waals surface area (Å²) in [6.07, 6.45) is 7.52. The molecule has 2 aliphatic rings. The number of hydrogen-bond acceptors (Lipinski definition) is 3. The second-order valence-corrected chi connectivity index (χ2v) is 3.93. The maximum atomic E-state index is 4.33. The van der Waals surface area contributed by atoms with E-state index in [0.717, 1.165) is 6.04 Å². The summed E-state index contributed by atoms with van der Waals surface area (Å²) in [6.45, 7) is 1.29. The van der Waals surface area contributed by atoms with Gasteiger partial charge in [-0.3, -0.25) is 4.90 Å². The van der Waals surface area contributed by atoms with Crippen molar-refractivity contribution < 1.29 is 0 Å². The molecule has 3 nitrogen and oxygen atoms in total. The second kappa shape index (κ2) is 2.77. The van der Waals surface area contributed by atoms with E-state index in [4.69, 9.17) is 0 Å². The van der Waals surface area contributed by atoms with Gasteiger partial charge in [0.25, 0.3) is 0 Å². The van der Waals surface area contributed by atoms with E-state index < -0.39 is 0 Å². The van der Waals surface area contributed by atoms with Crippen molar-refractivity contribution in [1.29, 1.82) is 0 Å². The number of nitrogens with zero attached hydrogens (tertiary/aromatic N) is 3. The zero-order valence-electron chi connectivity index (χ0n) is 7.56. The van der Waals surface area contributed by atoms with Gasteiger partial charge in [-0.1, -0.05) is 0 Å². The van der Waals surface area contributed by atoms with Crippen molar-refractivity contribution >= 4 is 0 Å². The van der Waals surface area contributed by atoms with Crippen LogP contribution >= 0.6 is 0 Å². The van der Waals surface area contributed by atoms with Gasteiger partial charge in [-0.15, -0.1) is 0 Å². The third kappa shape index (κ3) is 1.23. The minimum absolute atomic E-state index is 0.585. The Kier molecular flexibility index (Phi) is 1.59. The Morgan fingerprint density at radius 1 is 1.38 bits per heavy atom. The molecule has 0 N–H and O–H groups in total. The molecule has 2 fully saturated rings. The molecule has 2 aliphatic heterocycles. The fourth-order valence-corrected chi connectivity index (χ4v) is 2.36. The quantitative estimate of drug-likeness (QED) is 0.604. The van der Waals surface area contributed by atoms with Crippen molar-refractivity contribution in [3.8, 4) is 0 Å². The van der Waals surface area contributed by atoms with Gasteiger partial charge in [0.2, 0.25) is 0 Å². The molecular weight excluding hydrogens is 162 g/mol. The summed E-state index contributed by atoms with van der Waals surface area (Å²) in [4.78, 5) is 10.8. The van der Waals surface area contributed by atoms with Gasteiger partial charge in [0.05, 0.1) is 11.7 Å². The Morgan fingerprint density at radius 2 is 2.38 bits per heavy atom. The van der Waals surface area contributed by atoms with Gasteiger partial charge >= 0.3 is 0 Å². The summed E-state index contributed by atoms with van der Waals surface area (Å²) in [5.41, 5.74) is 1.21. The highest BCUT2D eigenvalue weighted by atomic mass is 15.3. The van der Waals surface area contributed by atoms with Crippen LogP contribution in [0.5, 0.6) is 0 Å². The van der Waals surface area contributed by atoms with Crippen LogP contribution < -0.4 is 0 Å². The first kappa shape index (κ1) is 7.44. The minimum atomic E-state index is 0.585. The fraction of sp³-hybridized carbons (Fsp3) is 0.600. The molecule has 13 heavy (non-hydrogen) atoms. The van der Waals surface area contributed by atoms with Crippen LogP contribution in [0.3, 0.4) is 0 Å². The van der Waals surface area contributed by atoms with Crippen molar-refractivity contribution in [2.75, 3.05) is 6.54 Å². The lowest BCUT2D eigenvalue weighted by atomic mass is 10.0. The van der Waals surface area contributed by atoms with Crippen LogP contribution in [0, 0.1) is 0 Å². The van der Waals surface area contributed by atoms with E-state index in [1.807, 2.05) is 12.3 Å². The summed E-state index contributed by atoms with van der Waals surface area (Å²) < 4.78 is 0. The van der Waals surface area contributed by atoms with E-state index in [1.165, 1.54) is 31.5 Å². The van der Waals surface area contributed by atoms with Crippen molar-refractivity contribution in [2.45, 2.75) is 31.3 Å². The van der Waals surface area contributed by atoms with Crippen LogP contribution in [0.2, 0.25) is 0 Å². The predicted molar refractivity (Wildman–Crippen MR) is 49.1 cm³/mol. The molecule has 0 aliphatic carbocycles. The highest BCUT2D eigenvalue weighted by molar-refractivity contribution is 5.11. The van der Waals surface area contributed by atoms with Gasteiger partial charge in [-0.05, 0) is 25.3 Å². The largest absolute Gasteiger partial charge is 0.289 e. The number of hydrogen-bond donors (Lipinski definition) is 0. The van der Waals surface area contributed by atoms with Crippen molar-refractivity contribution in [3.05, 3.63) is 24.3 Å². The average Bonchev–Trinajstić information content (AvgIpc) is 2.97. The maximum Gasteiger partial charge on any atom is 0.115 e. The number of fused-ring (bicyclic) bond motifs is 1. The normalized spacial score (nSPS) is 36.8. The minimum Gasteiger partial charge on any atom is -0.289 e. The molecule has 2 saturated heterocycles. The third-order valence-electron chi connectivity index (χ3n) is 3.12. The predicted octanol–water partition coefficient (Wildman–Crippen LogP) is 1.39. The monoisotopic (exact) mass is 175 g/mol. The van der Waals surface area contributed by atoms with E-state index in [9.17, 15) is 0 Å². The Bertz CT molecular complexity index is 298. The van der Waals surface area contributed by atoms with Gasteiger partial charge < -0.3 is 0 Å². The van der Waals surface area contributed by atoms with Crippen LogP contribution in [0.15, 0.2) is 18.6 Å². The molecule has 3 heterocycles. The first-order valence-corrected chi connectivity index (χ1v) is 4.97. The number of piperidine rings is 1. The first-order valence-electron chi connectivity index (χ1n) is 4.97. The molecule has 3 heteroatoms. The average molecular weight is 175 g/mol. The van der Waals surface area contributed by atoms with Crippen molar-refractivity contribution in [3.63, 3.8) is 0 Å². The zero-order chi connectivity index (χ0) is 8.67. The van der Waals surface area contributed by atoms with Gasteiger partial charge in [-0.25, -0.2) is 9.97 Å². The van der Waals surface area contributed by atoms with E-state index in [0.29, 0.717) is 6.04 Å². The highest BCUT2D eigenvalue weighted by Crippen LogP contribution is 2.41. The van der Waals surface area contributed by atoms with Gasteiger partial charge in [0.15, 0.2) is 0 Å². The van der Waals surface area contributed by atoms with Crippen LogP contribution in [0.25, 0.3) is 0 Å². The first-order chi connectivity index (χ1) is 6.45. The second-order valence-electron chi connectivity index (χ2n) is 3.93. The molecular formula is C10H13N3. The summed E-state index contributed by atoms with van der Waals surface area (Å²) >= 11 is 0. The molecule has 0 saturated carbocycles. The molecule has 0 spiro atoms. The maximum absolute atomic E-state index is 4.33. The molecule has 68 valence electrons. The Labute approximate surface area is 77.8 Å². The molecule has 3 rings (SSSR count). The van der Waals surface area contributed by atoms with E-state index in [1.54, 1.807) is 6.33 Å². The summed E-state index contributed by atoms with van der Waals surface area (Å²) in [5, 5.41) is 0. The van der Waals surface area contributed by atoms with Crippen LogP contribution in [-0.4, -0.2) is 27.5 Å². The number of aromatic nitrogens is 2. The van der Waals surface area contributed by atoms with Gasteiger partial charge in [-0.2, -0.15) is 0 Å². The molecule has 3 unspecified atom stereocenters. The topological polar surface area (TPSA) is 28.8 Å². The molecule has 0 radical (unpaired) electrons. The molecule has 3 atom stereocenters. The Balaban J connectivity index is 1.85. The lowest BCUT2D eigenvalue weighted by Crippen LogP contribution is -2.18. The fourth-order valence-electron chi connectivity index (χ4n) is 2.36. The number of rotatable bonds is 1. The lowest BCUT2D eigenvalue weighted by Gasteiger charge is -2.22. The van der Waals surface area contributed by atoms with Gasteiger partial charge in [0, 0.05) is 18.8 Å². The molecule has 1 aromatic heterocycles. The van der Waals surface area contributed by atoms with E-state index in [2.05, 4.69) is 14.9 Å².